The molecule has 0 radical (unpaired) electrons. The second-order valence-electron chi connectivity index (χ2n) is 17.4. The van der Waals surface area contributed by atoms with Crippen LogP contribution in [0, 0.1) is 0 Å². The molecular formula is C59H42N2S. The van der Waals surface area contributed by atoms with Gasteiger partial charge >= 0.3 is 0 Å². The third kappa shape index (κ3) is 5.66. The van der Waals surface area contributed by atoms with E-state index in [1.54, 1.807) is 0 Å². The van der Waals surface area contributed by atoms with Crippen LogP contribution >= 0.6 is 11.3 Å². The van der Waals surface area contributed by atoms with Crippen LogP contribution in [0.15, 0.2) is 200 Å². The van der Waals surface area contributed by atoms with E-state index in [1.807, 2.05) is 11.3 Å². The number of hydrogen-bond acceptors (Lipinski definition) is 2. The highest BCUT2D eigenvalue weighted by Crippen LogP contribution is 2.51. The molecule has 0 aliphatic rings. The number of thiophene rings is 1. The normalized spacial score (nSPS) is 12.1. The van der Waals surface area contributed by atoms with Crippen LogP contribution in [0.1, 0.15) is 26.3 Å². The fourth-order valence-electron chi connectivity index (χ4n) is 9.88. The van der Waals surface area contributed by atoms with Crippen LogP contribution < -0.4 is 0 Å². The van der Waals surface area contributed by atoms with Crippen molar-refractivity contribution >= 4 is 76.2 Å². The van der Waals surface area contributed by atoms with E-state index in [0.717, 1.165) is 32.8 Å². The fourth-order valence-corrected chi connectivity index (χ4v) is 10.9. The SMILES string of the molecule is CC(C)(C)c1ccc(-n2c(-c3ccc(-c4cc(-c5ccccc5)c5c6ccccc6c6ccccc6c5c4-c4ccccc4)s3)nc3c4ccccc4c4ccccc4c32)cc1. The van der Waals surface area contributed by atoms with Crippen molar-refractivity contribution in [2.24, 2.45) is 0 Å². The third-order valence-corrected chi connectivity index (χ3v) is 13.9. The molecule has 0 N–H and O–H groups in total. The lowest BCUT2D eigenvalue weighted by Crippen LogP contribution is -2.11. The first-order valence-corrected chi connectivity index (χ1v) is 22.3. The van der Waals surface area contributed by atoms with Crippen LogP contribution in [-0.2, 0) is 5.41 Å². The Kier molecular flexibility index (Phi) is 8.32. The summed E-state index contributed by atoms with van der Waals surface area (Å²) in [5.41, 5.74) is 10.7. The summed E-state index contributed by atoms with van der Waals surface area (Å²) in [5.74, 6) is 0.947. The summed E-state index contributed by atoms with van der Waals surface area (Å²) in [4.78, 5) is 7.98. The molecule has 0 aliphatic heterocycles. The number of aromatic nitrogens is 2. The van der Waals surface area contributed by atoms with Gasteiger partial charge in [-0.05, 0) is 107 Å². The van der Waals surface area contributed by atoms with Crippen molar-refractivity contribution in [3.8, 4) is 49.1 Å². The fraction of sp³-hybridized carbons (Fsp3) is 0.0678. The predicted molar refractivity (Wildman–Crippen MR) is 267 cm³/mol. The summed E-state index contributed by atoms with van der Waals surface area (Å²) >= 11 is 1.83. The van der Waals surface area contributed by atoms with Gasteiger partial charge in [0.05, 0.1) is 15.9 Å². The first kappa shape index (κ1) is 36.5. The molecule has 0 bridgehead atoms. The van der Waals surface area contributed by atoms with E-state index in [-0.39, 0.29) is 5.41 Å². The molecule has 0 saturated heterocycles. The molecule has 12 aromatic rings. The van der Waals surface area contributed by atoms with Crippen molar-refractivity contribution in [3.63, 3.8) is 0 Å². The monoisotopic (exact) mass is 810 g/mol. The van der Waals surface area contributed by atoms with Gasteiger partial charge in [-0.3, -0.25) is 4.57 Å². The minimum Gasteiger partial charge on any atom is -0.291 e. The van der Waals surface area contributed by atoms with Crippen LogP contribution in [0.25, 0.3) is 114 Å². The van der Waals surface area contributed by atoms with Crippen molar-refractivity contribution in [1.82, 2.24) is 9.55 Å². The summed E-state index contributed by atoms with van der Waals surface area (Å²) in [7, 11) is 0. The lowest BCUT2D eigenvalue weighted by molar-refractivity contribution is 0.590. The van der Waals surface area contributed by atoms with Crippen LogP contribution in [-0.4, -0.2) is 9.55 Å². The number of hydrogen-bond donors (Lipinski definition) is 0. The van der Waals surface area contributed by atoms with Gasteiger partial charge in [0.25, 0.3) is 0 Å². The number of rotatable bonds is 5. The third-order valence-electron chi connectivity index (χ3n) is 12.8. The number of fused-ring (bicyclic) bond motifs is 12. The van der Waals surface area contributed by atoms with Gasteiger partial charge < -0.3 is 0 Å². The van der Waals surface area contributed by atoms with E-state index < -0.39 is 0 Å². The topological polar surface area (TPSA) is 17.8 Å². The zero-order chi connectivity index (χ0) is 41.5. The van der Waals surface area contributed by atoms with E-state index in [1.165, 1.54) is 86.7 Å². The highest BCUT2D eigenvalue weighted by Gasteiger charge is 2.25. The van der Waals surface area contributed by atoms with Gasteiger partial charge in [-0.1, -0.05) is 191 Å². The zero-order valence-electron chi connectivity index (χ0n) is 34.9. The molecule has 0 amide bonds. The second-order valence-corrected chi connectivity index (χ2v) is 18.5. The Morgan fingerprint density at radius 3 is 1.52 bits per heavy atom. The number of imidazole rings is 1. The highest BCUT2D eigenvalue weighted by molar-refractivity contribution is 7.18. The van der Waals surface area contributed by atoms with Crippen LogP contribution in [0.5, 0.6) is 0 Å². The van der Waals surface area contributed by atoms with Crippen LogP contribution in [0.4, 0.5) is 0 Å². The molecule has 0 aliphatic carbocycles. The average molecular weight is 811 g/mol. The molecule has 0 atom stereocenters. The Morgan fingerprint density at radius 1 is 0.419 bits per heavy atom. The Hall–Kier alpha value is -7.33. The molecule has 2 aromatic heterocycles. The molecule has 3 heteroatoms. The molecule has 0 spiro atoms. The second kappa shape index (κ2) is 14.1. The van der Waals surface area contributed by atoms with Gasteiger partial charge in [-0.2, -0.15) is 0 Å². The summed E-state index contributed by atoms with van der Waals surface area (Å²) in [6.45, 7) is 6.83. The maximum atomic E-state index is 5.66. The Balaban J connectivity index is 1.19. The maximum absolute atomic E-state index is 5.66. The molecule has 10 aromatic carbocycles. The predicted octanol–water partition coefficient (Wildman–Crippen LogP) is 16.8. The minimum atomic E-state index is 0.0381. The molecule has 62 heavy (non-hydrogen) atoms. The van der Waals surface area contributed by atoms with Crippen molar-refractivity contribution < 1.29 is 0 Å². The Labute approximate surface area is 365 Å². The van der Waals surface area contributed by atoms with Crippen molar-refractivity contribution in [2.45, 2.75) is 26.2 Å². The quantitative estimate of drug-likeness (QED) is 0.158. The van der Waals surface area contributed by atoms with Gasteiger partial charge in [0.2, 0.25) is 0 Å². The van der Waals surface area contributed by atoms with Gasteiger partial charge in [0, 0.05) is 26.9 Å². The van der Waals surface area contributed by atoms with Crippen LogP contribution in [0.2, 0.25) is 0 Å². The van der Waals surface area contributed by atoms with Crippen LogP contribution in [0.3, 0.4) is 0 Å². The molecule has 12 rings (SSSR count). The van der Waals surface area contributed by atoms with E-state index in [0.29, 0.717) is 0 Å². The molecule has 0 saturated carbocycles. The van der Waals surface area contributed by atoms with Gasteiger partial charge in [-0.25, -0.2) is 4.98 Å². The summed E-state index contributed by atoms with van der Waals surface area (Å²) in [6, 6.07) is 73.6. The van der Waals surface area contributed by atoms with E-state index in [2.05, 4.69) is 226 Å². The molecule has 2 nitrogen and oxygen atoms in total. The lowest BCUT2D eigenvalue weighted by atomic mass is 9.82. The maximum Gasteiger partial charge on any atom is 0.155 e. The van der Waals surface area contributed by atoms with E-state index in [4.69, 9.17) is 4.98 Å². The summed E-state index contributed by atoms with van der Waals surface area (Å²) < 4.78 is 2.42. The van der Waals surface area contributed by atoms with Gasteiger partial charge in [0.1, 0.15) is 0 Å². The Bertz CT molecular complexity index is 3700. The molecule has 0 fully saturated rings. The standard InChI is InChI=1S/C59H42N2S/c1-59(2,3)39-30-32-40(33-31-39)61-57-48-29-17-13-25-44(48)43-24-12-16-28-47(43)56(57)60-58(61)52-35-34-51(62-52)50-36-49(37-18-6-4-7-19-37)54-45-26-14-10-22-41(45)42-23-11-15-27-46(42)55(54)53(50)38-20-8-5-9-21-38/h4-36H,1-3H3. The average Bonchev–Trinajstić information content (AvgIpc) is 3.98. The highest BCUT2D eigenvalue weighted by atomic mass is 32.1. The Morgan fingerprint density at radius 2 is 0.903 bits per heavy atom. The van der Waals surface area contributed by atoms with Crippen molar-refractivity contribution in [2.75, 3.05) is 0 Å². The van der Waals surface area contributed by atoms with E-state index >= 15 is 0 Å². The van der Waals surface area contributed by atoms with E-state index in [9.17, 15) is 0 Å². The minimum absolute atomic E-state index is 0.0381. The first-order chi connectivity index (χ1) is 30.4. The largest absolute Gasteiger partial charge is 0.291 e. The first-order valence-electron chi connectivity index (χ1n) is 21.5. The lowest BCUT2D eigenvalue weighted by Gasteiger charge is -2.21. The number of benzene rings is 10. The van der Waals surface area contributed by atoms with Crippen molar-refractivity contribution in [3.05, 3.63) is 206 Å². The van der Waals surface area contributed by atoms with Gasteiger partial charge in [0.15, 0.2) is 5.82 Å². The molecule has 0 unspecified atom stereocenters. The summed E-state index contributed by atoms with van der Waals surface area (Å²) in [5, 5.41) is 12.4. The summed E-state index contributed by atoms with van der Waals surface area (Å²) in [6.07, 6.45) is 0. The number of nitrogens with zero attached hydrogens (tertiary/aromatic N) is 2. The molecular weight excluding hydrogens is 769 g/mol. The molecule has 294 valence electrons. The smallest absolute Gasteiger partial charge is 0.155 e. The molecule has 2 heterocycles. The zero-order valence-corrected chi connectivity index (χ0v) is 35.7. The van der Waals surface area contributed by atoms with Crippen molar-refractivity contribution in [1.29, 1.82) is 0 Å². The van der Waals surface area contributed by atoms with Gasteiger partial charge in [-0.15, -0.1) is 11.3 Å².